The highest BCUT2D eigenvalue weighted by Crippen LogP contribution is 2.26. The monoisotopic (exact) mass is 360 g/mol. The molecule has 0 aliphatic heterocycles. The molecule has 2 aromatic carbocycles. The van der Waals surface area contributed by atoms with Crippen LogP contribution in [0.3, 0.4) is 0 Å². The number of carbonyl (C=O) groups excluding carboxylic acids is 1. The lowest BCUT2D eigenvalue weighted by molar-refractivity contribution is -0.118. The summed E-state index contributed by atoms with van der Waals surface area (Å²) in [7, 11) is 0. The minimum absolute atomic E-state index is 0.215. The van der Waals surface area contributed by atoms with E-state index in [0.717, 1.165) is 5.39 Å². The summed E-state index contributed by atoms with van der Waals surface area (Å²) in [5, 5.41) is 4.96. The van der Waals surface area contributed by atoms with Crippen LogP contribution in [0.25, 0.3) is 10.8 Å². The van der Waals surface area contributed by atoms with E-state index in [0.29, 0.717) is 21.1 Å². The van der Waals surface area contributed by atoms with Crippen LogP contribution in [0.2, 0.25) is 10.0 Å². The Hall–Kier alpha value is -2.30. The number of rotatable bonds is 3. The molecule has 24 heavy (non-hydrogen) atoms. The van der Waals surface area contributed by atoms with Crippen LogP contribution in [-0.4, -0.2) is 10.5 Å². The fourth-order valence-corrected chi connectivity index (χ4v) is 2.80. The van der Waals surface area contributed by atoms with Crippen molar-refractivity contribution in [1.82, 2.24) is 4.57 Å². The highest BCUT2D eigenvalue weighted by atomic mass is 35.5. The van der Waals surface area contributed by atoms with Crippen LogP contribution in [-0.2, 0) is 4.79 Å². The Kier molecular flexibility index (Phi) is 4.60. The lowest BCUT2D eigenvalue weighted by Gasteiger charge is -2.16. The first kappa shape index (κ1) is 16.6. The van der Waals surface area contributed by atoms with Gasteiger partial charge in [0.1, 0.15) is 6.04 Å². The maximum atomic E-state index is 12.6. The van der Waals surface area contributed by atoms with Gasteiger partial charge in [0.15, 0.2) is 0 Å². The lowest BCUT2D eigenvalue weighted by atomic mass is 10.1. The number of nitrogens with one attached hydrogen (secondary N) is 1. The smallest absolute Gasteiger partial charge is 0.259 e. The predicted molar refractivity (Wildman–Crippen MR) is 98.0 cm³/mol. The van der Waals surface area contributed by atoms with E-state index in [4.69, 9.17) is 23.2 Å². The van der Waals surface area contributed by atoms with E-state index in [1.807, 2.05) is 18.2 Å². The van der Waals surface area contributed by atoms with Crippen molar-refractivity contribution in [2.75, 3.05) is 5.32 Å². The number of nitrogens with zero attached hydrogens (tertiary/aromatic N) is 1. The SMILES string of the molecule is CC(C(=O)Nc1cc(Cl)ccc1Cl)n1ccc2ccccc2c1=O. The Morgan fingerprint density at radius 1 is 1.12 bits per heavy atom. The number of aromatic nitrogens is 1. The number of amides is 1. The van der Waals surface area contributed by atoms with Gasteiger partial charge in [-0.1, -0.05) is 41.4 Å². The van der Waals surface area contributed by atoms with Crippen LogP contribution in [0.4, 0.5) is 5.69 Å². The molecule has 0 aliphatic rings. The van der Waals surface area contributed by atoms with Gasteiger partial charge in [-0.25, -0.2) is 0 Å². The van der Waals surface area contributed by atoms with Gasteiger partial charge in [0.25, 0.3) is 5.56 Å². The summed E-state index contributed by atoms with van der Waals surface area (Å²) in [6.07, 6.45) is 1.62. The third-order valence-corrected chi connectivity index (χ3v) is 4.39. The van der Waals surface area contributed by atoms with Crippen molar-refractivity contribution < 1.29 is 4.79 Å². The van der Waals surface area contributed by atoms with Gasteiger partial charge in [0.05, 0.1) is 10.7 Å². The van der Waals surface area contributed by atoms with Crippen LogP contribution in [0, 0.1) is 0 Å². The number of benzene rings is 2. The van der Waals surface area contributed by atoms with Crippen molar-refractivity contribution in [3.05, 3.63) is 75.1 Å². The average molecular weight is 361 g/mol. The molecule has 0 bridgehead atoms. The van der Waals surface area contributed by atoms with Gasteiger partial charge in [0.2, 0.25) is 5.91 Å². The van der Waals surface area contributed by atoms with E-state index in [1.165, 1.54) is 4.57 Å². The summed E-state index contributed by atoms with van der Waals surface area (Å²) in [6, 6.07) is 13.2. The average Bonchev–Trinajstić information content (AvgIpc) is 2.58. The Morgan fingerprint density at radius 3 is 2.67 bits per heavy atom. The molecule has 0 aliphatic carbocycles. The molecule has 0 fully saturated rings. The molecule has 0 saturated carbocycles. The van der Waals surface area contributed by atoms with Crippen molar-refractivity contribution >= 4 is 45.6 Å². The summed E-state index contributed by atoms with van der Waals surface area (Å²) in [5.41, 5.74) is 0.197. The second kappa shape index (κ2) is 6.67. The van der Waals surface area contributed by atoms with E-state index in [9.17, 15) is 9.59 Å². The molecule has 3 rings (SSSR count). The molecule has 1 heterocycles. The molecular weight excluding hydrogens is 347 g/mol. The minimum Gasteiger partial charge on any atom is -0.323 e. The third kappa shape index (κ3) is 3.16. The quantitative estimate of drug-likeness (QED) is 0.746. The molecule has 122 valence electrons. The standard InChI is InChI=1S/C18H14Cl2N2O2/c1-11(17(23)21-16-10-13(19)6-7-15(16)20)22-9-8-12-4-2-3-5-14(12)18(22)24/h2-11H,1H3,(H,21,23). The van der Waals surface area contributed by atoms with Gasteiger partial charge in [0, 0.05) is 16.6 Å². The lowest BCUT2D eigenvalue weighted by Crippen LogP contribution is -2.31. The number of fused-ring (bicyclic) bond motifs is 1. The molecule has 1 aromatic heterocycles. The molecule has 1 amide bonds. The van der Waals surface area contributed by atoms with E-state index in [2.05, 4.69) is 5.32 Å². The van der Waals surface area contributed by atoms with Crippen molar-refractivity contribution in [1.29, 1.82) is 0 Å². The van der Waals surface area contributed by atoms with Crippen LogP contribution >= 0.6 is 23.2 Å². The summed E-state index contributed by atoms with van der Waals surface area (Å²) < 4.78 is 1.40. The second-order valence-electron chi connectivity index (χ2n) is 5.40. The van der Waals surface area contributed by atoms with E-state index in [-0.39, 0.29) is 11.5 Å². The van der Waals surface area contributed by atoms with Crippen molar-refractivity contribution in [3.63, 3.8) is 0 Å². The summed E-state index contributed by atoms with van der Waals surface area (Å²) >= 11 is 12.0. The van der Waals surface area contributed by atoms with E-state index >= 15 is 0 Å². The van der Waals surface area contributed by atoms with Crippen molar-refractivity contribution in [2.45, 2.75) is 13.0 Å². The van der Waals surface area contributed by atoms with Gasteiger partial charge < -0.3 is 9.88 Å². The number of hydrogen-bond acceptors (Lipinski definition) is 2. The molecule has 1 atom stereocenters. The van der Waals surface area contributed by atoms with Crippen molar-refractivity contribution in [2.24, 2.45) is 0 Å². The van der Waals surface area contributed by atoms with Gasteiger partial charge in [-0.2, -0.15) is 0 Å². The topological polar surface area (TPSA) is 51.1 Å². The zero-order chi connectivity index (χ0) is 17.3. The highest BCUT2D eigenvalue weighted by molar-refractivity contribution is 6.35. The zero-order valence-electron chi connectivity index (χ0n) is 12.8. The Bertz CT molecular complexity index is 982. The van der Waals surface area contributed by atoms with Gasteiger partial charge in [-0.3, -0.25) is 9.59 Å². The van der Waals surface area contributed by atoms with E-state index < -0.39 is 6.04 Å². The first-order valence-corrected chi connectivity index (χ1v) is 8.09. The Balaban J connectivity index is 1.92. The molecule has 6 heteroatoms. The third-order valence-electron chi connectivity index (χ3n) is 3.82. The zero-order valence-corrected chi connectivity index (χ0v) is 14.3. The van der Waals surface area contributed by atoms with Gasteiger partial charge >= 0.3 is 0 Å². The Labute approximate surface area is 148 Å². The fraction of sp³-hybridized carbons (Fsp3) is 0.111. The first-order valence-electron chi connectivity index (χ1n) is 7.33. The van der Waals surface area contributed by atoms with Crippen molar-refractivity contribution in [3.8, 4) is 0 Å². The number of hydrogen-bond donors (Lipinski definition) is 1. The Morgan fingerprint density at radius 2 is 1.88 bits per heavy atom. The summed E-state index contributed by atoms with van der Waals surface area (Å²) in [4.78, 5) is 25.1. The minimum atomic E-state index is -0.697. The second-order valence-corrected chi connectivity index (χ2v) is 6.25. The maximum absolute atomic E-state index is 12.6. The molecular formula is C18H14Cl2N2O2. The van der Waals surface area contributed by atoms with Crippen LogP contribution < -0.4 is 10.9 Å². The fourth-order valence-electron chi connectivity index (χ4n) is 2.47. The largest absolute Gasteiger partial charge is 0.323 e. The maximum Gasteiger partial charge on any atom is 0.259 e. The number of halogens is 2. The molecule has 1 N–H and O–H groups in total. The molecule has 0 saturated heterocycles. The molecule has 1 unspecified atom stereocenters. The van der Waals surface area contributed by atoms with Crippen LogP contribution in [0.5, 0.6) is 0 Å². The van der Waals surface area contributed by atoms with Gasteiger partial charge in [-0.05, 0) is 42.6 Å². The summed E-state index contributed by atoms with van der Waals surface area (Å²) in [6.45, 7) is 1.66. The molecule has 0 spiro atoms. The van der Waals surface area contributed by atoms with E-state index in [1.54, 1.807) is 43.5 Å². The predicted octanol–water partition coefficient (Wildman–Crippen LogP) is 4.51. The number of anilines is 1. The first-order chi connectivity index (χ1) is 11.5. The molecule has 3 aromatic rings. The number of carbonyl (C=O) groups is 1. The van der Waals surface area contributed by atoms with Gasteiger partial charge in [-0.15, -0.1) is 0 Å². The molecule has 4 nitrogen and oxygen atoms in total. The van der Waals surface area contributed by atoms with Crippen LogP contribution in [0.15, 0.2) is 59.5 Å². The normalized spacial score (nSPS) is 12.1. The number of pyridine rings is 1. The van der Waals surface area contributed by atoms with Crippen LogP contribution in [0.1, 0.15) is 13.0 Å². The highest BCUT2D eigenvalue weighted by Gasteiger charge is 2.18. The summed E-state index contributed by atoms with van der Waals surface area (Å²) in [5.74, 6) is -0.350. The molecule has 0 radical (unpaired) electrons.